The summed E-state index contributed by atoms with van der Waals surface area (Å²) in [7, 11) is 0. The second-order valence-electron chi connectivity index (χ2n) is 5.95. The zero-order chi connectivity index (χ0) is 13.6. The van der Waals surface area contributed by atoms with Gasteiger partial charge in [-0.25, -0.2) is 0 Å². The third-order valence-corrected chi connectivity index (χ3v) is 4.41. The Morgan fingerprint density at radius 2 is 1.80 bits per heavy atom. The van der Waals surface area contributed by atoms with Crippen molar-refractivity contribution >= 4 is 11.4 Å². The van der Waals surface area contributed by atoms with Gasteiger partial charge in [0.25, 0.3) is 0 Å². The zero-order valence-electron chi connectivity index (χ0n) is 12.3. The van der Waals surface area contributed by atoms with Crippen molar-refractivity contribution in [1.29, 1.82) is 0 Å². The largest absolute Gasteiger partial charge is 0.381 e. The molecule has 2 heterocycles. The van der Waals surface area contributed by atoms with Gasteiger partial charge in [-0.2, -0.15) is 0 Å². The number of benzene rings is 1. The number of rotatable bonds is 3. The van der Waals surface area contributed by atoms with Crippen LogP contribution in [0, 0.1) is 0 Å². The molecule has 1 unspecified atom stereocenters. The molecular formula is C17H26N2O. The van der Waals surface area contributed by atoms with Gasteiger partial charge in [-0.05, 0) is 50.7 Å². The lowest BCUT2D eigenvalue weighted by atomic mass is 10.1. The van der Waals surface area contributed by atoms with E-state index in [1.807, 2.05) is 0 Å². The summed E-state index contributed by atoms with van der Waals surface area (Å²) in [6.07, 6.45) is 7.54. The minimum atomic E-state index is 0.559. The number of para-hydroxylation sites is 2. The van der Waals surface area contributed by atoms with Crippen LogP contribution in [0.15, 0.2) is 24.3 Å². The molecule has 1 aromatic rings. The van der Waals surface area contributed by atoms with Crippen LogP contribution in [0.25, 0.3) is 0 Å². The first kappa shape index (κ1) is 13.7. The molecule has 2 aliphatic heterocycles. The molecule has 0 amide bonds. The maximum Gasteiger partial charge on any atom is 0.0602 e. The molecule has 0 aromatic heterocycles. The lowest BCUT2D eigenvalue weighted by Gasteiger charge is -2.31. The SMILES string of the molecule is c1ccc(N2CCCCC2)c(NC2CCCOCC2)c1. The van der Waals surface area contributed by atoms with E-state index in [1.54, 1.807) is 0 Å². The van der Waals surface area contributed by atoms with Crippen LogP contribution in [-0.2, 0) is 4.74 Å². The summed E-state index contributed by atoms with van der Waals surface area (Å²) in [5.74, 6) is 0. The maximum absolute atomic E-state index is 5.56. The molecule has 2 aliphatic rings. The highest BCUT2D eigenvalue weighted by atomic mass is 16.5. The van der Waals surface area contributed by atoms with E-state index in [2.05, 4.69) is 34.5 Å². The van der Waals surface area contributed by atoms with E-state index in [-0.39, 0.29) is 0 Å². The Morgan fingerprint density at radius 1 is 0.950 bits per heavy atom. The molecule has 0 saturated carbocycles. The van der Waals surface area contributed by atoms with Gasteiger partial charge in [0, 0.05) is 32.3 Å². The predicted octanol–water partition coefficient (Wildman–Crippen LogP) is 3.66. The van der Waals surface area contributed by atoms with Gasteiger partial charge >= 0.3 is 0 Å². The number of anilines is 2. The van der Waals surface area contributed by atoms with E-state index in [9.17, 15) is 0 Å². The van der Waals surface area contributed by atoms with E-state index in [0.717, 1.165) is 19.6 Å². The summed E-state index contributed by atoms with van der Waals surface area (Å²) in [5, 5.41) is 3.77. The fourth-order valence-electron chi connectivity index (χ4n) is 3.27. The van der Waals surface area contributed by atoms with Crippen LogP contribution >= 0.6 is 0 Å². The topological polar surface area (TPSA) is 24.5 Å². The third kappa shape index (κ3) is 3.45. The first-order valence-electron chi connectivity index (χ1n) is 8.12. The van der Waals surface area contributed by atoms with Crippen LogP contribution in [0.1, 0.15) is 38.5 Å². The standard InChI is InChI=1S/C17H26N2O/c1-4-11-19(12-5-1)17-9-3-2-8-16(17)18-15-7-6-13-20-14-10-15/h2-3,8-9,15,18H,1,4-7,10-14H2. The fraction of sp³-hybridized carbons (Fsp3) is 0.647. The van der Waals surface area contributed by atoms with E-state index in [4.69, 9.17) is 4.74 Å². The predicted molar refractivity (Wildman–Crippen MR) is 84.6 cm³/mol. The monoisotopic (exact) mass is 274 g/mol. The van der Waals surface area contributed by atoms with Crippen molar-refractivity contribution in [2.24, 2.45) is 0 Å². The molecule has 3 heteroatoms. The van der Waals surface area contributed by atoms with Gasteiger partial charge in [0.1, 0.15) is 0 Å². The van der Waals surface area contributed by atoms with Crippen molar-refractivity contribution in [3.8, 4) is 0 Å². The van der Waals surface area contributed by atoms with Crippen molar-refractivity contribution in [2.75, 3.05) is 36.5 Å². The van der Waals surface area contributed by atoms with Gasteiger partial charge < -0.3 is 15.0 Å². The molecule has 2 fully saturated rings. The van der Waals surface area contributed by atoms with Crippen molar-refractivity contribution in [1.82, 2.24) is 0 Å². The maximum atomic E-state index is 5.56. The summed E-state index contributed by atoms with van der Waals surface area (Å²) in [4.78, 5) is 2.54. The lowest BCUT2D eigenvalue weighted by Crippen LogP contribution is -2.31. The van der Waals surface area contributed by atoms with Crippen molar-refractivity contribution < 1.29 is 4.74 Å². The van der Waals surface area contributed by atoms with Crippen LogP contribution in [0.3, 0.4) is 0 Å². The first-order chi connectivity index (χ1) is 9.93. The molecule has 1 N–H and O–H groups in total. The van der Waals surface area contributed by atoms with E-state index in [1.165, 1.54) is 56.6 Å². The van der Waals surface area contributed by atoms with E-state index >= 15 is 0 Å². The number of nitrogens with one attached hydrogen (secondary N) is 1. The second kappa shape index (κ2) is 6.98. The normalized spacial score (nSPS) is 24.2. The Hall–Kier alpha value is -1.22. The average Bonchev–Trinajstić information content (AvgIpc) is 2.77. The number of hydrogen-bond acceptors (Lipinski definition) is 3. The number of ether oxygens (including phenoxy) is 1. The molecular weight excluding hydrogens is 248 g/mol. The summed E-state index contributed by atoms with van der Waals surface area (Å²) in [6.45, 7) is 4.22. The first-order valence-corrected chi connectivity index (χ1v) is 8.12. The highest BCUT2D eigenvalue weighted by Gasteiger charge is 2.17. The van der Waals surface area contributed by atoms with Gasteiger partial charge in [-0.3, -0.25) is 0 Å². The Kier molecular flexibility index (Phi) is 4.80. The number of piperidine rings is 1. The van der Waals surface area contributed by atoms with E-state index in [0.29, 0.717) is 6.04 Å². The minimum absolute atomic E-state index is 0.559. The van der Waals surface area contributed by atoms with Gasteiger partial charge in [-0.15, -0.1) is 0 Å². The number of hydrogen-bond donors (Lipinski definition) is 1. The molecule has 110 valence electrons. The molecule has 0 bridgehead atoms. The summed E-state index contributed by atoms with van der Waals surface area (Å²) >= 11 is 0. The number of nitrogens with zero attached hydrogens (tertiary/aromatic N) is 1. The van der Waals surface area contributed by atoms with Crippen LogP contribution in [0.5, 0.6) is 0 Å². The van der Waals surface area contributed by atoms with Crippen molar-refractivity contribution in [2.45, 2.75) is 44.6 Å². The smallest absolute Gasteiger partial charge is 0.0602 e. The molecule has 3 rings (SSSR count). The molecule has 2 saturated heterocycles. The van der Waals surface area contributed by atoms with Gasteiger partial charge in [0.2, 0.25) is 0 Å². The van der Waals surface area contributed by atoms with Crippen LogP contribution in [0.2, 0.25) is 0 Å². The second-order valence-corrected chi connectivity index (χ2v) is 5.95. The summed E-state index contributed by atoms with van der Waals surface area (Å²) in [5.41, 5.74) is 2.69. The molecule has 0 aliphatic carbocycles. The Morgan fingerprint density at radius 3 is 2.70 bits per heavy atom. The molecule has 1 aromatic carbocycles. The molecule has 0 spiro atoms. The van der Waals surface area contributed by atoms with Crippen molar-refractivity contribution in [3.63, 3.8) is 0 Å². The van der Waals surface area contributed by atoms with E-state index < -0.39 is 0 Å². The third-order valence-electron chi connectivity index (χ3n) is 4.41. The lowest BCUT2D eigenvalue weighted by molar-refractivity contribution is 0.144. The summed E-state index contributed by atoms with van der Waals surface area (Å²) < 4.78 is 5.56. The van der Waals surface area contributed by atoms with Crippen LogP contribution in [-0.4, -0.2) is 32.3 Å². The quantitative estimate of drug-likeness (QED) is 0.910. The Balaban J connectivity index is 1.71. The molecule has 20 heavy (non-hydrogen) atoms. The Labute approximate surface area is 122 Å². The van der Waals surface area contributed by atoms with Crippen LogP contribution in [0.4, 0.5) is 11.4 Å². The van der Waals surface area contributed by atoms with Gasteiger partial charge in [0.15, 0.2) is 0 Å². The fourth-order valence-corrected chi connectivity index (χ4v) is 3.27. The molecule has 3 nitrogen and oxygen atoms in total. The highest BCUT2D eigenvalue weighted by molar-refractivity contribution is 5.70. The summed E-state index contributed by atoms with van der Waals surface area (Å²) in [6, 6.07) is 9.36. The zero-order valence-corrected chi connectivity index (χ0v) is 12.3. The minimum Gasteiger partial charge on any atom is -0.381 e. The van der Waals surface area contributed by atoms with Gasteiger partial charge in [-0.1, -0.05) is 12.1 Å². The highest BCUT2D eigenvalue weighted by Crippen LogP contribution is 2.29. The van der Waals surface area contributed by atoms with Crippen molar-refractivity contribution in [3.05, 3.63) is 24.3 Å². The average molecular weight is 274 g/mol. The van der Waals surface area contributed by atoms with Gasteiger partial charge in [0.05, 0.1) is 11.4 Å². The molecule has 0 radical (unpaired) electrons. The van der Waals surface area contributed by atoms with Crippen LogP contribution < -0.4 is 10.2 Å². The Bertz CT molecular complexity index is 407. The molecule has 1 atom stereocenters.